The van der Waals surface area contributed by atoms with Crippen molar-refractivity contribution in [3.63, 3.8) is 0 Å². The quantitative estimate of drug-likeness (QED) is 0.918. The number of amides is 1. The third-order valence-electron chi connectivity index (χ3n) is 4.87. The van der Waals surface area contributed by atoms with E-state index in [1.54, 1.807) is 11.0 Å². The minimum Gasteiger partial charge on any atom is -0.393 e. The van der Waals surface area contributed by atoms with Crippen LogP contribution in [0.25, 0.3) is 0 Å². The van der Waals surface area contributed by atoms with Crippen LogP contribution in [0.4, 0.5) is 4.39 Å². The van der Waals surface area contributed by atoms with E-state index in [9.17, 15) is 14.3 Å². The second-order valence-corrected chi connectivity index (χ2v) is 6.68. The van der Waals surface area contributed by atoms with Crippen molar-refractivity contribution < 1.29 is 19.0 Å². The molecule has 1 aromatic rings. The molecule has 0 aliphatic carbocycles. The summed E-state index contributed by atoms with van der Waals surface area (Å²) >= 11 is 6.02. The number of aliphatic hydroxyl groups is 1. The van der Waals surface area contributed by atoms with Crippen molar-refractivity contribution >= 4 is 17.5 Å². The number of nitrogens with zero attached hydrogens (tertiary/aromatic N) is 1. The molecule has 2 fully saturated rings. The number of benzene rings is 1. The highest BCUT2D eigenvalue weighted by Gasteiger charge is 2.39. The summed E-state index contributed by atoms with van der Waals surface area (Å²) in [6.45, 7) is 1.66. The molecule has 0 saturated carbocycles. The molecule has 1 N–H and O–H groups in total. The molecule has 4 nitrogen and oxygen atoms in total. The molecule has 0 spiro atoms. The van der Waals surface area contributed by atoms with Crippen LogP contribution >= 0.6 is 11.6 Å². The van der Waals surface area contributed by atoms with Crippen LogP contribution in [0.15, 0.2) is 18.2 Å². The van der Waals surface area contributed by atoms with Gasteiger partial charge in [-0.1, -0.05) is 17.7 Å². The molecule has 2 saturated heterocycles. The third-order valence-corrected chi connectivity index (χ3v) is 5.22. The minimum atomic E-state index is -0.456. The Morgan fingerprint density at radius 3 is 3.00 bits per heavy atom. The topological polar surface area (TPSA) is 49.8 Å². The van der Waals surface area contributed by atoms with Crippen molar-refractivity contribution in [1.29, 1.82) is 0 Å². The number of rotatable bonds is 3. The van der Waals surface area contributed by atoms with Crippen molar-refractivity contribution in [1.82, 2.24) is 4.90 Å². The Morgan fingerprint density at radius 1 is 1.43 bits per heavy atom. The maximum Gasteiger partial charge on any atom is 0.227 e. The molecule has 2 heterocycles. The second kappa shape index (κ2) is 7.16. The lowest BCUT2D eigenvalue weighted by Gasteiger charge is -2.37. The van der Waals surface area contributed by atoms with Gasteiger partial charge in [0.1, 0.15) is 5.82 Å². The van der Waals surface area contributed by atoms with Crippen molar-refractivity contribution in [3.05, 3.63) is 34.6 Å². The van der Waals surface area contributed by atoms with E-state index in [4.69, 9.17) is 16.3 Å². The predicted octanol–water partition coefficient (Wildman–Crippen LogP) is 2.41. The van der Waals surface area contributed by atoms with E-state index in [1.165, 1.54) is 12.1 Å². The molecule has 23 heavy (non-hydrogen) atoms. The van der Waals surface area contributed by atoms with Gasteiger partial charge in [0.05, 0.1) is 19.1 Å². The standard InChI is InChI=1S/C17H21ClFNO3/c18-13-3-1-4-14(19)11(13)9-17(22)20-7-2-5-15(20)12-10-23-8-6-16(12)21/h1,3-4,12,15-16,21H,2,5-10H2/t12-,15-,16-/m1/s1. The fraction of sp³-hybridized carbons (Fsp3) is 0.588. The SMILES string of the molecule is O=C(Cc1c(F)cccc1Cl)N1CCC[C@@H]1[C@H]1COCC[C@H]1O. The summed E-state index contributed by atoms with van der Waals surface area (Å²) in [5, 5.41) is 10.5. The number of halogens is 2. The van der Waals surface area contributed by atoms with E-state index < -0.39 is 11.9 Å². The van der Waals surface area contributed by atoms with E-state index >= 15 is 0 Å². The first-order valence-corrected chi connectivity index (χ1v) is 8.44. The number of hydrogen-bond donors (Lipinski definition) is 1. The zero-order chi connectivity index (χ0) is 16.4. The van der Waals surface area contributed by atoms with Crippen molar-refractivity contribution in [2.45, 2.75) is 37.8 Å². The van der Waals surface area contributed by atoms with Crippen LogP contribution in [0, 0.1) is 11.7 Å². The average Bonchev–Trinajstić information content (AvgIpc) is 3.01. The molecule has 3 atom stereocenters. The fourth-order valence-corrected chi connectivity index (χ4v) is 3.85. The van der Waals surface area contributed by atoms with E-state index in [0.29, 0.717) is 26.2 Å². The number of hydrogen-bond acceptors (Lipinski definition) is 3. The Bertz CT molecular complexity index is 563. The summed E-state index contributed by atoms with van der Waals surface area (Å²) in [7, 11) is 0. The lowest BCUT2D eigenvalue weighted by molar-refractivity contribution is -0.135. The highest BCUT2D eigenvalue weighted by atomic mass is 35.5. The first-order valence-electron chi connectivity index (χ1n) is 8.06. The van der Waals surface area contributed by atoms with Crippen LogP contribution in [0.1, 0.15) is 24.8 Å². The molecule has 2 aliphatic rings. The molecule has 2 aliphatic heterocycles. The van der Waals surface area contributed by atoms with Gasteiger partial charge in [-0.15, -0.1) is 0 Å². The van der Waals surface area contributed by atoms with Gasteiger partial charge in [0.25, 0.3) is 0 Å². The van der Waals surface area contributed by atoms with Gasteiger partial charge in [0, 0.05) is 35.7 Å². The van der Waals surface area contributed by atoms with Gasteiger partial charge in [-0.05, 0) is 31.4 Å². The zero-order valence-corrected chi connectivity index (χ0v) is 13.6. The van der Waals surface area contributed by atoms with Gasteiger partial charge in [0.2, 0.25) is 5.91 Å². The molecule has 0 radical (unpaired) electrons. The molecule has 0 aromatic heterocycles. The lowest BCUT2D eigenvalue weighted by Crippen LogP contribution is -2.48. The highest BCUT2D eigenvalue weighted by molar-refractivity contribution is 6.31. The normalized spacial score (nSPS) is 28.1. The number of likely N-dealkylation sites (tertiary alicyclic amines) is 1. The van der Waals surface area contributed by atoms with Gasteiger partial charge in [-0.3, -0.25) is 4.79 Å². The Morgan fingerprint density at radius 2 is 2.26 bits per heavy atom. The number of carbonyl (C=O) groups is 1. The van der Waals surface area contributed by atoms with Gasteiger partial charge >= 0.3 is 0 Å². The van der Waals surface area contributed by atoms with Gasteiger partial charge < -0.3 is 14.7 Å². The van der Waals surface area contributed by atoms with Gasteiger partial charge in [-0.25, -0.2) is 4.39 Å². The Balaban J connectivity index is 1.73. The molecule has 3 rings (SSSR count). The molecule has 1 amide bonds. The minimum absolute atomic E-state index is 0.0386. The molecule has 0 bridgehead atoms. The first kappa shape index (κ1) is 16.7. The summed E-state index contributed by atoms with van der Waals surface area (Å²) < 4.78 is 19.4. The molecule has 6 heteroatoms. The highest BCUT2D eigenvalue weighted by Crippen LogP contribution is 2.31. The Hall–Kier alpha value is -1.17. The summed E-state index contributed by atoms with van der Waals surface area (Å²) in [6.07, 6.45) is 1.85. The lowest BCUT2D eigenvalue weighted by atomic mass is 9.89. The van der Waals surface area contributed by atoms with Crippen LogP contribution in [0.2, 0.25) is 5.02 Å². The molecular weight excluding hydrogens is 321 g/mol. The van der Waals surface area contributed by atoms with Crippen LogP contribution < -0.4 is 0 Å². The summed E-state index contributed by atoms with van der Waals surface area (Å²) in [5.74, 6) is -0.661. The maximum absolute atomic E-state index is 13.9. The molecular formula is C17H21ClFNO3. The van der Waals surface area contributed by atoms with Crippen LogP contribution in [-0.4, -0.2) is 47.8 Å². The summed E-state index contributed by atoms with van der Waals surface area (Å²) in [4.78, 5) is 14.4. The van der Waals surface area contributed by atoms with Crippen molar-refractivity contribution in [2.75, 3.05) is 19.8 Å². The summed E-state index contributed by atoms with van der Waals surface area (Å²) in [5.41, 5.74) is 0.241. The first-order chi connectivity index (χ1) is 11.1. The van der Waals surface area contributed by atoms with Crippen LogP contribution in [-0.2, 0) is 16.0 Å². The average molecular weight is 342 g/mol. The maximum atomic E-state index is 13.9. The van der Waals surface area contributed by atoms with E-state index in [1.807, 2.05) is 0 Å². The number of carbonyl (C=O) groups excluding carboxylic acids is 1. The van der Waals surface area contributed by atoms with E-state index in [-0.39, 0.29) is 34.9 Å². The zero-order valence-electron chi connectivity index (χ0n) is 12.9. The molecule has 126 valence electrons. The van der Waals surface area contributed by atoms with E-state index in [2.05, 4.69) is 0 Å². The predicted molar refractivity (Wildman–Crippen MR) is 84.8 cm³/mol. The van der Waals surface area contributed by atoms with Crippen molar-refractivity contribution in [3.8, 4) is 0 Å². The third kappa shape index (κ3) is 3.52. The van der Waals surface area contributed by atoms with Crippen LogP contribution in [0.3, 0.4) is 0 Å². The van der Waals surface area contributed by atoms with Gasteiger partial charge in [0.15, 0.2) is 0 Å². The van der Waals surface area contributed by atoms with Crippen molar-refractivity contribution in [2.24, 2.45) is 5.92 Å². The summed E-state index contributed by atoms with van der Waals surface area (Å²) in [6, 6.07) is 4.39. The fourth-order valence-electron chi connectivity index (χ4n) is 3.62. The number of aliphatic hydroxyl groups excluding tert-OH is 1. The largest absolute Gasteiger partial charge is 0.393 e. The number of ether oxygens (including phenoxy) is 1. The van der Waals surface area contributed by atoms with Crippen LogP contribution in [0.5, 0.6) is 0 Å². The monoisotopic (exact) mass is 341 g/mol. The Kier molecular flexibility index (Phi) is 5.19. The van der Waals surface area contributed by atoms with E-state index in [0.717, 1.165) is 12.8 Å². The smallest absolute Gasteiger partial charge is 0.227 e. The second-order valence-electron chi connectivity index (χ2n) is 6.27. The molecule has 1 aromatic carbocycles. The Labute approximate surface area is 140 Å². The van der Waals surface area contributed by atoms with Gasteiger partial charge in [-0.2, -0.15) is 0 Å². The molecule has 0 unspecified atom stereocenters.